The third kappa shape index (κ3) is 21.9. The average Bonchev–Trinajstić information content (AvgIpc) is 2.53. The normalized spacial score (nSPS) is 14.5. The van der Waals surface area contributed by atoms with E-state index >= 15 is 0 Å². The Bertz CT molecular complexity index is 239. The van der Waals surface area contributed by atoms with Gasteiger partial charge in [0.2, 0.25) is 0 Å². The van der Waals surface area contributed by atoms with Crippen molar-refractivity contribution in [3.8, 4) is 0 Å². The molecule has 0 aliphatic heterocycles. The summed E-state index contributed by atoms with van der Waals surface area (Å²) in [7, 11) is 1.73. The fraction of sp³-hybridized carbons (Fsp3) is 0.947. The Labute approximate surface area is 151 Å². The van der Waals surface area contributed by atoms with Crippen LogP contribution in [0.25, 0.3) is 0 Å². The van der Waals surface area contributed by atoms with Gasteiger partial charge in [0.05, 0.1) is 6.10 Å². The number of ether oxygens (including phenoxy) is 2. The molecule has 3 unspecified atom stereocenters. The predicted molar refractivity (Wildman–Crippen MR) is 105 cm³/mol. The molecule has 0 spiro atoms. The molecule has 0 aromatic rings. The van der Waals surface area contributed by atoms with Crippen LogP contribution in [0.5, 0.6) is 0 Å². The van der Waals surface area contributed by atoms with E-state index in [1.54, 1.807) is 7.11 Å². The smallest absolute Gasteiger partial charge is 0.158 e. The molecule has 3 atom stereocenters. The van der Waals surface area contributed by atoms with E-state index in [4.69, 9.17) is 9.47 Å². The first-order chi connectivity index (χ1) is 10.7. The summed E-state index contributed by atoms with van der Waals surface area (Å²) < 4.78 is 11.3. The fourth-order valence-electron chi connectivity index (χ4n) is 1.64. The Balaban J connectivity index is -0.000000418. The molecule has 0 rings (SSSR count). The summed E-state index contributed by atoms with van der Waals surface area (Å²) in [6.45, 7) is 16.8. The number of rotatable bonds is 9. The van der Waals surface area contributed by atoms with Crippen LogP contribution < -0.4 is 0 Å². The number of carbonyl (C=O) groups excluding carboxylic acids is 1. The molecule has 0 heterocycles. The largest absolute Gasteiger partial charge is 0.356 e. The minimum absolute atomic E-state index is 0.0542. The third-order valence-corrected chi connectivity index (χ3v) is 3.55. The molecule has 0 aliphatic carbocycles. The summed E-state index contributed by atoms with van der Waals surface area (Å²) in [6.07, 6.45) is 5.50. The predicted octanol–water partition coefficient (Wildman–Crippen LogP) is 5.77. The Morgan fingerprint density at radius 1 is 1.17 bits per heavy atom. The zero-order valence-electron chi connectivity index (χ0n) is 17.0. The zero-order valence-corrected chi connectivity index (χ0v) is 17.9. The maximum absolute atomic E-state index is 9.69. The van der Waals surface area contributed by atoms with E-state index in [-0.39, 0.29) is 17.6 Å². The Morgan fingerprint density at radius 2 is 1.70 bits per heavy atom. The summed E-state index contributed by atoms with van der Waals surface area (Å²) in [5.74, 6) is 0.775. The van der Waals surface area contributed by atoms with Gasteiger partial charge in [-0.15, -0.1) is 0 Å². The van der Waals surface area contributed by atoms with Gasteiger partial charge >= 0.3 is 0 Å². The van der Waals surface area contributed by atoms with E-state index in [2.05, 4.69) is 47.2 Å². The molecule has 0 saturated carbocycles. The quantitative estimate of drug-likeness (QED) is 0.326. The van der Waals surface area contributed by atoms with Gasteiger partial charge in [-0.1, -0.05) is 61.8 Å². The van der Waals surface area contributed by atoms with E-state index in [0.717, 1.165) is 25.5 Å². The molecular weight excluding hydrogens is 308 g/mol. The van der Waals surface area contributed by atoms with Gasteiger partial charge in [0.25, 0.3) is 0 Å². The highest BCUT2D eigenvalue weighted by atomic mass is 32.1. The number of hydrogen-bond acceptors (Lipinski definition) is 4. The van der Waals surface area contributed by atoms with Gasteiger partial charge in [-0.2, -0.15) is 12.6 Å². The summed E-state index contributed by atoms with van der Waals surface area (Å²) in [4.78, 5) is 9.69. The molecule has 0 radical (unpaired) electrons. The maximum atomic E-state index is 9.69. The Morgan fingerprint density at radius 3 is 1.91 bits per heavy atom. The molecule has 0 bridgehead atoms. The van der Waals surface area contributed by atoms with Crippen LogP contribution in [0.1, 0.15) is 81.1 Å². The van der Waals surface area contributed by atoms with Crippen molar-refractivity contribution >= 4 is 18.9 Å². The molecule has 0 N–H and O–H groups in total. The minimum atomic E-state index is -0.0542. The Kier molecular flexibility index (Phi) is 22.1. The van der Waals surface area contributed by atoms with Gasteiger partial charge in [0.1, 0.15) is 6.29 Å². The van der Waals surface area contributed by atoms with E-state index in [1.165, 1.54) is 6.42 Å². The van der Waals surface area contributed by atoms with Crippen LogP contribution in [0.15, 0.2) is 0 Å². The van der Waals surface area contributed by atoms with Crippen LogP contribution in [0.4, 0.5) is 0 Å². The average molecular weight is 351 g/mol. The summed E-state index contributed by atoms with van der Waals surface area (Å²) in [5.41, 5.74) is 0.255. The molecule has 3 nitrogen and oxygen atoms in total. The minimum Gasteiger partial charge on any atom is -0.356 e. The second-order valence-electron chi connectivity index (χ2n) is 6.68. The first-order valence-corrected chi connectivity index (χ1v) is 9.61. The van der Waals surface area contributed by atoms with Gasteiger partial charge in [0, 0.05) is 19.4 Å². The van der Waals surface area contributed by atoms with Crippen molar-refractivity contribution < 1.29 is 14.3 Å². The molecule has 142 valence electrons. The van der Waals surface area contributed by atoms with Gasteiger partial charge in [0.15, 0.2) is 6.29 Å². The van der Waals surface area contributed by atoms with Gasteiger partial charge < -0.3 is 14.3 Å². The van der Waals surface area contributed by atoms with Crippen LogP contribution in [0.3, 0.4) is 0 Å². The summed E-state index contributed by atoms with van der Waals surface area (Å²) >= 11 is 3.86. The lowest BCUT2D eigenvalue weighted by Gasteiger charge is -2.28. The third-order valence-electron chi connectivity index (χ3n) is 2.97. The van der Waals surface area contributed by atoms with Crippen LogP contribution in [0, 0.1) is 11.3 Å². The van der Waals surface area contributed by atoms with Crippen LogP contribution in [-0.4, -0.2) is 31.5 Å². The van der Waals surface area contributed by atoms with Crippen molar-refractivity contribution in [1.29, 1.82) is 0 Å². The lowest BCUT2D eigenvalue weighted by Crippen LogP contribution is -2.27. The van der Waals surface area contributed by atoms with Crippen molar-refractivity contribution in [1.82, 2.24) is 0 Å². The van der Waals surface area contributed by atoms with E-state index in [1.807, 2.05) is 20.8 Å². The first-order valence-electron chi connectivity index (χ1n) is 8.98. The lowest BCUT2D eigenvalue weighted by molar-refractivity contribution is -0.171. The summed E-state index contributed by atoms with van der Waals surface area (Å²) in [5, 5.41) is 0. The molecule has 0 saturated heterocycles. The van der Waals surface area contributed by atoms with Crippen LogP contribution in [-0.2, 0) is 14.3 Å². The van der Waals surface area contributed by atoms with Gasteiger partial charge in [-0.3, -0.25) is 0 Å². The number of carbonyl (C=O) groups is 1. The van der Waals surface area contributed by atoms with Crippen LogP contribution in [0.2, 0.25) is 0 Å². The zero-order chi connectivity index (χ0) is 18.9. The number of aldehydes is 1. The highest BCUT2D eigenvalue weighted by Crippen LogP contribution is 2.24. The van der Waals surface area contributed by atoms with Crippen molar-refractivity contribution in [3.63, 3.8) is 0 Å². The Hall–Kier alpha value is -0.0600. The van der Waals surface area contributed by atoms with E-state index < -0.39 is 0 Å². The second-order valence-corrected chi connectivity index (χ2v) is 7.05. The highest BCUT2D eigenvalue weighted by molar-refractivity contribution is 7.80. The molecule has 0 aromatic heterocycles. The van der Waals surface area contributed by atoms with Crippen molar-refractivity contribution in [2.24, 2.45) is 11.3 Å². The fourth-order valence-corrected chi connectivity index (χ4v) is 1.72. The second kappa shape index (κ2) is 18.3. The molecule has 4 heteroatoms. The number of hydrogen-bond donors (Lipinski definition) is 1. The SMILES string of the molecule is CC.CC(C=O)CS.CCCC(CC)OC(CC(C)(C)C)OC. The first kappa shape index (κ1) is 27.8. The van der Waals surface area contributed by atoms with E-state index in [0.29, 0.717) is 11.9 Å². The molecule has 23 heavy (non-hydrogen) atoms. The maximum Gasteiger partial charge on any atom is 0.158 e. The van der Waals surface area contributed by atoms with Gasteiger partial charge in [-0.05, 0) is 24.0 Å². The van der Waals surface area contributed by atoms with Gasteiger partial charge in [-0.25, -0.2) is 0 Å². The van der Waals surface area contributed by atoms with Crippen LogP contribution >= 0.6 is 12.6 Å². The number of methoxy groups -OCH3 is 1. The van der Waals surface area contributed by atoms with E-state index in [9.17, 15) is 4.79 Å². The standard InChI is InChI=1S/C13H28O2.C4H8OS.C2H6/c1-7-9-11(8-2)15-12(14-6)10-13(3,4)5;1-4(2-5)3-6;1-2/h11-12H,7-10H2,1-6H3;2,4,6H,3H2,1H3;1-2H3. The topological polar surface area (TPSA) is 35.5 Å². The monoisotopic (exact) mass is 350 g/mol. The molecule has 0 aromatic carbocycles. The number of thiol groups is 1. The molecular formula is C19H42O3S. The highest BCUT2D eigenvalue weighted by Gasteiger charge is 2.21. The van der Waals surface area contributed by atoms with Crippen molar-refractivity contribution in [2.75, 3.05) is 12.9 Å². The molecule has 0 fully saturated rings. The summed E-state index contributed by atoms with van der Waals surface area (Å²) in [6, 6.07) is 0. The molecule has 0 amide bonds. The lowest BCUT2D eigenvalue weighted by atomic mass is 9.92. The van der Waals surface area contributed by atoms with Crippen molar-refractivity contribution in [3.05, 3.63) is 0 Å². The van der Waals surface area contributed by atoms with Crippen molar-refractivity contribution in [2.45, 2.75) is 93.5 Å². The molecule has 0 aliphatic rings.